The van der Waals surface area contributed by atoms with E-state index in [1.807, 2.05) is 0 Å². The van der Waals surface area contributed by atoms with Gasteiger partial charge in [0.2, 0.25) is 5.91 Å². The maximum atomic E-state index is 13.0. The van der Waals surface area contributed by atoms with Gasteiger partial charge < -0.3 is 15.7 Å². The van der Waals surface area contributed by atoms with E-state index in [0.717, 1.165) is 0 Å². The van der Waals surface area contributed by atoms with Crippen LogP contribution in [0.4, 0.5) is 4.39 Å². The molecule has 0 spiro atoms. The van der Waals surface area contributed by atoms with Gasteiger partial charge in [0, 0.05) is 37.0 Å². The van der Waals surface area contributed by atoms with E-state index in [0.29, 0.717) is 23.2 Å². The van der Waals surface area contributed by atoms with Gasteiger partial charge >= 0.3 is 0 Å². The topological polar surface area (TPSA) is 104 Å². The molecule has 8 heteroatoms. The summed E-state index contributed by atoms with van der Waals surface area (Å²) in [6.07, 6.45) is 1.78. The van der Waals surface area contributed by atoms with Crippen LogP contribution in [0.25, 0.3) is 10.9 Å². The summed E-state index contributed by atoms with van der Waals surface area (Å²) in [5.74, 6) is -1.54. The molecule has 4 rings (SSSR count). The summed E-state index contributed by atoms with van der Waals surface area (Å²) in [6, 6.07) is 9.20. The Hall–Kier alpha value is -3.55. The molecule has 0 aliphatic carbocycles. The molecule has 142 valence electrons. The largest absolute Gasteiger partial charge is 0.504 e. The lowest BCUT2D eigenvalue weighted by molar-refractivity contribution is -0.119. The van der Waals surface area contributed by atoms with Crippen LogP contribution in [0.1, 0.15) is 34.1 Å². The maximum Gasteiger partial charge on any atom is 0.274 e. The average molecular weight is 380 g/mol. The first kappa shape index (κ1) is 17.8. The number of nitrogens with zero attached hydrogens (tertiary/aromatic N) is 2. The summed E-state index contributed by atoms with van der Waals surface area (Å²) >= 11 is 0. The number of carbonyl (C=O) groups is 2. The minimum Gasteiger partial charge on any atom is -0.504 e. The lowest BCUT2D eigenvalue weighted by atomic mass is 9.99. The predicted octanol–water partition coefficient (Wildman–Crippen LogP) is 2.01. The molecule has 3 N–H and O–H groups in total. The van der Waals surface area contributed by atoms with Crippen LogP contribution < -0.4 is 10.6 Å². The Labute approximate surface area is 159 Å². The number of pyridine rings is 2. The van der Waals surface area contributed by atoms with Crippen molar-refractivity contribution in [3.05, 3.63) is 65.4 Å². The molecular formula is C20H17FN4O3. The van der Waals surface area contributed by atoms with Gasteiger partial charge in [0.1, 0.15) is 11.3 Å². The molecular weight excluding hydrogens is 363 g/mol. The van der Waals surface area contributed by atoms with Gasteiger partial charge in [-0.2, -0.15) is 0 Å². The second-order valence-corrected chi connectivity index (χ2v) is 6.61. The van der Waals surface area contributed by atoms with E-state index in [4.69, 9.17) is 0 Å². The number of hydrogen-bond acceptors (Lipinski definition) is 5. The number of carbonyl (C=O) groups excluding carboxylic acids is 2. The van der Waals surface area contributed by atoms with Crippen molar-refractivity contribution in [3.8, 4) is 5.75 Å². The van der Waals surface area contributed by atoms with Crippen molar-refractivity contribution in [2.24, 2.45) is 0 Å². The minimum absolute atomic E-state index is 0.0840. The zero-order valence-corrected chi connectivity index (χ0v) is 14.8. The first-order valence-electron chi connectivity index (χ1n) is 8.80. The molecule has 2 amide bonds. The highest BCUT2D eigenvalue weighted by Crippen LogP contribution is 2.33. The van der Waals surface area contributed by atoms with Crippen LogP contribution in [-0.2, 0) is 11.3 Å². The average Bonchev–Trinajstić information content (AvgIpc) is 3.14. The third-order valence-electron chi connectivity index (χ3n) is 4.71. The van der Waals surface area contributed by atoms with Gasteiger partial charge in [0.05, 0.1) is 5.69 Å². The smallest absolute Gasteiger partial charge is 0.274 e. The van der Waals surface area contributed by atoms with Gasteiger partial charge in [0.25, 0.3) is 5.91 Å². The summed E-state index contributed by atoms with van der Waals surface area (Å²) in [5.41, 5.74) is 1.37. The number of rotatable bonds is 4. The lowest BCUT2D eigenvalue weighted by Gasteiger charge is -2.14. The van der Waals surface area contributed by atoms with Gasteiger partial charge in [-0.25, -0.2) is 9.37 Å². The Morgan fingerprint density at radius 1 is 1.29 bits per heavy atom. The van der Waals surface area contributed by atoms with Crippen molar-refractivity contribution in [2.75, 3.05) is 6.54 Å². The van der Waals surface area contributed by atoms with Crippen molar-refractivity contribution in [1.82, 2.24) is 20.6 Å². The molecule has 1 atom stereocenters. The zero-order valence-electron chi connectivity index (χ0n) is 14.8. The van der Waals surface area contributed by atoms with E-state index in [1.54, 1.807) is 24.3 Å². The molecule has 1 aliphatic rings. The van der Waals surface area contributed by atoms with Crippen LogP contribution in [0.5, 0.6) is 5.75 Å². The third kappa shape index (κ3) is 3.36. The molecule has 7 nitrogen and oxygen atoms in total. The zero-order chi connectivity index (χ0) is 19.7. The van der Waals surface area contributed by atoms with Crippen molar-refractivity contribution in [1.29, 1.82) is 0 Å². The number of amides is 2. The van der Waals surface area contributed by atoms with Crippen LogP contribution in [-0.4, -0.2) is 33.4 Å². The summed E-state index contributed by atoms with van der Waals surface area (Å²) in [5, 5.41) is 16.6. The van der Waals surface area contributed by atoms with Gasteiger partial charge in [-0.1, -0.05) is 12.1 Å². The van der Waals surface area contributed by atoms with Gasteiger partial charge in [-0.3, -0.25) is 14.6 Å². The Kier molecular flexibility index (Phi) is 4.60. The minimum atomic E-state index is -0.576. The van der Waals surface area contributed by atoms with Crippen LogP contribution >= 0.6 is 0 Å². The summed E-state index contributed by atoms with van der Waals surface area (Å²) < 4.78 is 13.0. The third-order valence-corrected chi connectivity index (χ3v) is 4.71. The van der Waals surface area contributed by atoms with Crippen LogP contribution in [0, 0.1) is 5.82 Å². The van der Waals surface area contributed by atoms with Crippen molar-refractivity contribution < 1.29 is 19.1 Å². The van der Waals surface area contributed by atoms with E-state index in [9.17, 15) is 19.1 Å². The van der Waals surface area contributed by atoms with E-state index >= 15 is 0 Å². The Balaban J connectivity index is 1.67. The molecule has 3 aromatic rings. The number of nitrogens with one attached hydrogen (secondary N) is 2. The summed E-state index contributed by atoms with van der Waals surface area (Å²) in [4.78, 5) is 32.9. The molecule has 0 saturated carbocycles. The van der Waals surface area contributed by atoms with Crippen LogP contribution in [0.2, 0.25) is 0 Å². The number of halogens is 1. The molecule has 1 saturated heterocycles. The first-order valence-corrected chi connectivity index (χ1v) is 8.80. The molecule has 0 bridgehead atoms. The molecule has 0 radical (unpaired) electrons. The second kappa shape index (κ2) is 7.22. The van der Waals surface area contributed by atoms with Crippen LogP contribution in [0.15, 0.2) is 42.6 Å². The molecule has 1 aromatic carbocycles. The van der Waals surface area contributed by atoms with Crippen molar-refractivity contribution in [3.63, 3.8) is 0 Å². The Bertz CT molecular complexity index is 1070. The monoisotopic (exact) mass is 380 g/mol. The SMILES string of the molecule is O=C1CC(c2nc(C(=O)NCc3ccc(F)cc3)c(O)c3ncccc23)CN1. The lowest BCUT2D eigenvalue weighted by Crippen LogP contribution is -2.25. The fraction of sp³-hybridized carbons (Fsp3) is 0.200. The van der Waals surface area contributed by atoms with E-state index in [-0.39, 0.29) is 47.6 Å². The van der Waals surface area contributed by atoms with E-state index in [2.05, 4.69) is 20.6 Å². The van der Waals surface area contributed by atoms with Crippen LogP contribution in [0.3, 0.4) is 0 Å². The molecule has 28 heavy (non-hydrogen) atoms. The number of aromatic nitrogens is 2. The highest BCUT2D eigenvalue weighted by molar-refractivity contribution is 6.01. The number of fused-ring (bicyclic) bond motifs is 1. The first-order chi connectivity index (χ1) is 13.5. The van der Waals surface area contributed by atoms with Gasteiger partial charge in [-0.15, -0.1) is 0 Å². The van der Waals surface area contributed by atoms with E-state index < -0.39 is 5.91 Å². The van der Waals surface area contributed by atoms with E-state index in [1.165, 1.54) is 18.3 Å². The van der Waals surface area contributed by atoms with Crippen molar-refractivity contribution in [2.45, 2.75) is 18.9 Å². The van der Waals surface area contributed by atoms with Crippen molar-refractivity contribution >= 4 is 22.7 Å². The molecule has 2 aromatic heterocycles. The standard InChI is InChI=1S/C20H17FN4O3/c21-13-5-3-11(4-6-13)9-24-20(28)18-19(27)17-14(2-1-7-22-17)16(25-18)12-8-15(26)23-10-12/h1-7,12,27H,8-10H2,(H,23,26)(H,24,28). The summed E-state index contributed by atoms with van der Waals surface area (Å²) in [6.45, 7) is 0.566. The summed E-state index contributed by atoms with van der Waals surface area (Å²) in [7, 11) is 0. The quantitative estimate of drug-likeness (QED) is 0.642. The molecule has 1 aliphatic heterocycles. The number of hydrogen-bond donors (Lipinski definition) is 3. The Morgan fingerprint density at radius 2 is 2.07 bits per heavy atom. The molecule has 3 heterocycles. The second-order valence-electron chi connectivity index (χ2n) is 6.61. The fourth-order valence-electron chi connectivity index (χ4n) is 3.28. The Morgan fingerprint density at radius 3 is 2.79 bits per heavy atom. The number of benzene rings is 1. The molecule has 1 unspecified atom stereocenters. The van der Waals surface area contributed by atoms with Gasteiger partial charge in [0.15, 0.2) is 11.4 Å². The molecule has 1 fully saturated rings. The number of aromatic hydroxyl groups is 1. The highest BCUT2D eigenvalue weighted by atomic mass is 19.1. The van der Waals surface area contributed by atoms with Gasteiger partial charge in [-0.05, 0) is 29.8 Å². The fourth-order valence-corrected chi connectivity index (χ4v) is 3.28. The normalized spacial score (nSPS) is 16.2. The predicted molar refractivity (Wildman–Crippen MR) is 99.1 cm³/mol. The maximum absolute atomic E-state index is 13.0. The highest BCUT2D eigenvalue weighted by Gasteiger charge is 2.29.